The molecule has 3 rings (SSSR count). The molecule has 0 fully saturated rings. The van der Waals surface area contributed by atoms with E-state index in [-0.39, 0.29) is 18.4 Å². The van der Waals surface area contributed by atoms with E-state index in [1.54, 1.807) is 17.0 Å². The molecule has 3 aromatic rings. The molecule has 0 unspecified atom stereocenters. The summed E-state index contributed by atoms with van der Waals surface area (Å²) in [6.45, 7) is 0.650. The predicted octanol–water partition coefficient (Wildman–Crippen LogP) is 4.41. The fraction of sp³-hybridized carbons (Fsp3) is 0.286. The highest BCUT2D eigenvalue weighted by Crippen LogP contribution is 2.18. The zero-order valence-corrected chi connectivity index (χ0v) is 20.0. The number of aliphatic hydroxyl groups excluding tert-OH is 1. The van der Waals surface area contributed by atoms with Crippen LogP contribution in [0.25, 0.3) is 0 Å². The summed E-state index contributed by atoms with van der Waals surface area (Å²) in [5, 5.41) is 12.6. The third kappa shape index (κ3) is 8.01. The van der Waals surface area contributed by atoms with Crippen LogP contribution >= 0.6 is 11.6 Å². The topological polar surface area (TPSA) is 69.6 Å². The normalized spacial score (nSPS) is 11.6. The highest BCUT2D eigenvalue weighted by Gasteiger charge is 2.30. The second kappa shape index (κ2) is 13.5. The Balaban J connectivity index is 1.86. The molecule has 178 valence electrons. The van der Waals surface area contributed by atoms with Crippen LogP contribution in [-0.2, 0) is 29.0 Å². The molecule has 0 spiro atoms. The Morgan fingerprint density at radius 3 is 2.09 bits per heavy atom. The number of aryl methyl sites for hydroxylation is 1. The smallest absolute Gasteiger partial charge is 0.243 e. The number of nitrogens with one attached hydrogen (secondary N) is 1. The molecule has 0 bridgehead atoms. The van der Waals surface area contributed by atoms with Crippen LogP contribution in [0.1, 0.15) is 29.5 Å². The molecule has 34 heavy (non-hydrogen) atoms. The van der Waals surface area contributed by atoms with Crippen molar-refractivity contribution in [3.63, 3.8) is 0 Å². The third-order valence-corrected chi connectivity index (χ3v) is 5.89. The molecule has 2 N–H and O–H groups in total. The van der Waals surface area contributed by atoms with E-state index in [2.05, 4.69) is 5.32 Å². The maximum absolute atomic E-state index is 13.5. The van der Waals surface area contributed by atoms with Crippen LogP contribution in [0.5, 0.6) is 0 Å². The van der Waals surface area contributed by atoms with E-state index in [4.69, 9.17) is 16.7 Å². The maximum Gasteiger partial charge on any atom is 0.243 e. The lowest BCUT2D eigenvalue weighted by Crippen LogP contribution is -2.50. The summed E-state index contributed by atoms with van der Waals surface area (Å²) in [5.74, 6) is -0.309. The second-order valence-electron chi connectivity index (χ2n) is 8.21. The minimum absolute atomic E-state index is 0.00583. The molecule has 2 amide bonds. The molecule has 0 heterocycles. The van der Waals surface area contributed by atoms with E-state index in [1.807, 2.05) is 72.8 Å². The zero-order valence-electron chi connectivity index (χ0n) is 19.2. The van der Waals surface area contributed by atoms with E-state index < -0.39 is 6.04 Å². The molecule has 0 aliphatic heterocycles. The van der Waals surface area contributed by atoms with Crippen molar-refractivity contribution < 1.29 is 14.7 Å². The molecule has 0 aliphatic carbocycles. The molecule has 5 nitrogen and oxygen atoms in total. The van der Waals surface area contributed by atoms with Crippen LogP contribution in [0.15, 0.2) is 84.9 Å². The average molecular weight is 479 g/mol. The molecule has 3 aromatic carbocycles. The fourth-order valence-electron chi connectivity index (χ4n) is 3.79. The number of hydrogen-bond donors (Lipinski definition) is 2. The summed E-state index contributed by atoms with van der Waals surface area (Å²) in [4.78, 5) is 28.5. The van der Waals surface area contributed by atoms with Crippen LogP contribution in [0.2, 0.25) is 5.02 Å². The van der Waals surface area contributed by atoms with E-state index in [0.717, 1.165) is 16.7 Å². The first-order valence-electron chi connectivity index (χ1n) is 11.6. The van der Waals surface area contributed by atoms with E-state index in [1.165, 1.54) is 0 Å². The number of halogens is 1. The Hall–Kier alpha value is -3.15. The average Bonchev–Trinajstić information content (AvgIpc) is 2.87. The van der Waals surface area contributed by atoms with Crippen LogP contribution in [-0.4, -0.2) is 41.0 Å². The summed E-state index contributed by atoms with van der Waals surface area (Å²) < 4.78 is 0. The van der Waals surface area contributed by atoms with Crippen molar-refractivity contribution in [2.24, 2.45) is 0 Å². The van der Waals surface area contributed by atoms with Crippen molar-refractivity contribution >= 4 is 23.4 Å². The standard InChI is InChI=1S/C28H31ClN2O3/c29-25-15-12-24(13-16-25)21-31(27(33)17-14-22-8-3-1-4-9-22)26(28(34)30-18-7-19-32)20-23-10-5-2-6-11-23/h1-6,8-13,15-16,26,32H,7,14,17-21H2,(H,30,34)/t26-/m0/s1. The largest absolute Gasteiger partial charge is 0.396 e. The van der Waals surface area contributed by atoms with Gasteiger partial charge in [-0.3, -0.25) is 9.59 Å². The van der Waals surface area contributed by atoms with Crippen molar-refractivity contribution in [1.82, 2.24) is 10.2 Å². The van der Waals surface area contributed by atoms with E-state index >= 15 is 0 Å². The first kappa shape index (κ1) is 25.5. The number of amides is 2. The van der Waals surface area contributed by atoms with Gasteiger partial charge in [0.05, 0.1) is 0 Å². The van der Waals surface area contributed by atoms with Gasteiger partial charge >= 0.3 is 0 Å². The van der Waals surface area contributed by atoms with Crippen LogP contribution in [0.4, 0.5) is 0 Å². The van der Waals surface area contributed by atoms with Gasteiger partial charge in [-0.15, -0.1) is 0 Å². The number of aliphatic hydroxyl groups is 1. The first-order valence-corrected chi connectivity index (χ1v) is 11.9. The summed E-state index contributed by atoms with van der Waals surface area (Å²) >= 11 is 6.05. The van der Waals surface area contributed by atoms with Gasteiger partial charge in [0.25, 0.3) is 0 Å². The maximum atomic E-state index is 13.5. The molecule has 0 aliphatic rings. The molecule has 1 atom stereocenters. The second-order valence-corrected chi connectivity index (χ2v) is 8.64. The third-order valence-electron chi connectivity index (χ3n) is 5.64. The van der Waals surface area contributed by atoms with Gasteiger partial charge in [-0.05, 0) is 41.7 Å². The predicted molar refractivity (Wildman–Crippen MR) is 135 cm³/mol. The number of nitrogens with zero attached hydrogens (tertiary/aromatic N) is 1. The van der Waals surface area contributed by atoms with Crippen molar-refractivity contribution in [2.45, 2.75) is 38.3 Å². The van der Waals surface area contributed by atoms with E-state index in [9.17, 15) is 9.59 Å². The number of rotatable bonds is 12. The lowest BCUT2D eigenvalue weighted by Gasteiger charge is -2.31. The molecule has 0 saturated carbocycles. The molecule has 6 heteroatoms. The lowest BCUT2D eigenvalue weighted by molar-refractivity contribution is -0.141. The van der Waals surface area contributed by atoms with Crippen LogP contribution in [0.3, 0.4) is 0 Å². The molecular formula is C28H31ClN2O3. The van der Waals surface area contributed by atoms with Crippen molar-refractivity contribution in [1.29, 1.82) is 0 Å². The Morgan fingerprint density at radius 2 is 1.47 bits per heavy atom. The molecule has 0 radical (unpaired) electrons. The van der Waals surface area contributed by atoms with Gasteiger partial charge in [0.2, 0.25) is 11.8 Å². The number of carbonyl (C=O) groups excluding carboxylic acids is 2. The highest BCUT2D eigenvalue weighted by molar-refractivity contribution is 6.30. The van der Waals surface area contributed by atoms with Gasteiger partial charge in [0.1, 0.15) is 6.04 Å². The van der Waals surface area contributed by atoms with Crippen LogP contribution in [0, 0.1) is 0 Å². The Labute approximate surface area is 206 Å². The molecular weight excluding hydrogens is 448 g/mol. The highest BCUT2D eigenvalue weighted by atomic mass is 35.5. The van der Waals surface area contributed by atoms with Gasteiger partial charge < -0.3 is 15.3 Å². The Kier molecular flexibility index (Phi) is 10.1. The van der Waals surface area contributed by atoms with Crippen molar-refractivity contribution in [2.75, 3.05) is 13.2 Å². The van der Waals surface area contributed by atoms with Gasteiger partial charge in [0.15, 0.2) is 0 Å². The quantitative estimate of drug-likeness (QED) is 0.379. The van der Waals surface area contributed by atoms with Gasteiger partial charge in [-0.25, -0.2) is 0 Å². The van der Waals surface area contributed by atoms with Crippen molar-refractivity contribution in [3.8, 4) is 0 Å². The molecule has 0 aromatic heterocycles. The summed E-state index contributed by atoms with van der Waals surface area (Å²) in [6, 6.07) is 26.2. The summed E-state index contributed by atoms with van der Waals surface area (Å²) in [5.41, 5.74) is 2.95. The van der Waals surface area contributed by atoms with Gasteiger partial charge in [0, 0.05) is 37.6 Å². The minimum atomic E-state index is -0.681. The minimum Gasteiger partial charge on any atom is -0.396 e. The first-order chi connectivity index (χ1) is 16.6. The molecule has 0 saturated heterocycles. The van der Waals surface area contributed by atoms with E-state index in [0.29, 0.717) is 43.8 Å². The van der Waals surface area contributed by atoms with Crippen LogP contribution < -0.4 is 5.32 Å². The van der Waals surface area contributed by atoms with Gasteiger partial charge in [-0.2, -0.15) is 0 Å². The number of carbonyl (C=O) groups is 2. The number of hydrogen-bond acceptors (Lipinski definition) is 3. The Bertz CT molecular complexity index is 1030. The number of benzene rings is 3. The van der Waals surface area contributed by atoms with Crippen molar-refractivity contribution in [3.05, 3.63) is 107 Å². The SMILES string of the molecule is O=C(NCCCO)[C@H](Cc1ccccc1)N(Cc1ccc(Cl)cc1)C(=O)CCc1ccccc1. The monoisotopic (exact) mass is 478 g/mol. The lowest BCUT2D eigenvalue weighted by atomic mass is 10.0. The summed E-state index contributed by atoms with van der Waals surface area (Å²) in [6.07, 6.45) is 1.76. The van der Waals surface area contributed by atoms with Gasteiger partial charge in [-0.1, -0.05) is 84.4 Å². The Morgan fingerprint density at radius 1 is 0.853 bits per heavy atom. The zero-order chi connectivity index (χ0) is 24.2. The fourth-order valence-corrected chi connectivity index (χ4v) is 3.91. The summed E-state index contributed by atoms with van der Waals surface area (Å²) in [7, 11) is 0.